The van der Waals surface area contributed by atoms with Gasteiger partial charge in [0.2, 0.25) is 0 Å². The molecule has 4 aromatic rings. The molecule has 8 nitrogen and oxygen atoms in total. The number of pyridine rings is 1. The number of benzene rings is 3. The number of carbonyl (C=O) groups is 1. The van der Waals surface area contributed by atoms with E-state index in [-0.39, 0.29) is 28.3 Å². The number of ether oxygens (including phenoxy) is 1. The molecular formula is C29H30N4O4S. The number of fused-ring (bicyclic) bond motifs is 1. The maximum absolute atomic E-state index is 13.3. The van der Waals surface area contributed by atoms with Crippen molar-refractivity contribution in [1.82, 2.24) is 14.8 Å². The third kappa shape index (κ3) is 5.20. The van der Waals surface area contributed by atoms with Gasteiger partial charge in [-0.25, -0.2) is 8.42 Å². The Morgan fingerprint density at radius 1 is 0.947 bits per heavy atom. The highest BCUT2D eigenvalue weighted by atomic mass is 32.2. The van der Waals surface area contributed by atoms with Crippen LogP contribution in [0.3, 0.4) is 0 Å². The number of sulfonamides is 1. The van der Waals surface area contributed by atoms with Crippen molar-refractivity contribution in [3.05, 3.63) is 96.2 Å². The number of nitrogens with zero attached hydrogens (tertiary/aromatic N) is 3. The minimum atomic E-state index is -3.96. The summed E-state index contributed by atoms with van der Waals surface area (Å²) in [6.45, 7) is 4.96. The molecule has 1 aliphatic heterocycles. The average Bonchev–Trinajstić information content (AvgIpc) is 2.96. The molecule has 5 rings (SSSR count). The molecule has 1 saturated heterocycles. The second-order valence-electron chi connectivity index (χ2n) is 9.27. The van der Waals surface area contributed by atoms with Crippen molar-refractivity contribution in [2.75, 3.05) is 38.0 Å². The van der Waals surface area contributed by atoms with Gasteiger partial charge in [0.25, 0.3) is 15.9 Å². The number of hydrogen-bond donors (Lipinski definition) is 1. The lowest BCUT2D eigenvalue weighted by atomic mass is 10.1. The number of anilines is 1. The van der Waals surface area contributed by atoms with E-state index in [0.29, 0.717) is 24.2 Å². The summed E-state index contributed by atoms with van der Waals surface area (Å²) in [4.78, 5) is 21.8. The number of aromatic nitrogens is 1. The summed E-state index contributed by atoms with van der Waals surface area (Å²) in [5.74, 6) is 0.159. The minimum Gasteiger partial charge on any atom is -0.495 e. The first-order valence-electron chi connectivity index (χ1n) is 12.5. The Morgan fingerprint density at radius 3 is 2.42 bits per heavy atom. The number of carbonyl (C=O) groups excluding carboxylic acids is 1. The van der Waals surface area contributed by atoms with Crippen LogP contribution in [0, 0.1) is 0 Å². The fourth-order valence-electron chi connectivity index (χ4n) is 4.84. The predicted octanol–water partition coefficient (Wildman–Crippen LogP) is 4.56. The van der Waals surface area contributed by atoms with Crippen molar-refractivity contribution in [1.29, 1.82) is 0 Å². The molecule has 0 radical (unpaired) electrons. The summed E-state index contributed by atoms with van der Waals surface area (Å²) >= 11 is 0. The number of piperazine rings is 1. The molecule has 0 spiro atoms. The van der Waals surface area contributed by atoms with E-state index in [0.717, 1.165) is 18.5 Å². The molecule has 3 aromatic carbocycles. The number of methoxy groups -OCH3 is 1. The van der Waals surface area contributed by atoms with Gasteiger partial charge in [-0.1, -0.05) is 48.5 Å². The monoisotopic (exact) mass is 530 g/mol. The van der Waals surface area contributed by atoms with E-state index in [1.165, 1.54) is 18.7 Å². The van der Waals surface area contributed by atoms with Crippen molar-refractivity contribution >= 4 is 32.5 Å². The number of hydrogen-bond acceptors (Lipinski definition) is 6. The lowest BCUT2D eigenvalue weighted by molar-refractivity contribution is 0.0582. The maximum Gasteiger partial charge on any atom is 0.264 e. The Hall–Kier alpha value is -3.95. The van der Waals surface area contributed by atoms with Gasteiger partial charge in [-0.2, -0.15) is 0 Å². The molecule has 0 saturated carbocycles. The molecule has 196 valence electrons. The largest absolute Gasteiger partial charge is 0.495 e. The summed E-state index contributed by atoms with van der Waals surface area (Å²) in [5.41, 5.74) is 2.34. The molecule has 1 N–H and O–H groups in total. The van der Waals surface area contributed by atoms with Crippen molar-refractivity contribution in [3.63, 3.8) is 0 Å². The van der Waals surface area contributed by atoms with Crippen LogP contribution in [0.4, 0.5) is 5.69 Å². The Balaban J connectivity index is 1.30. The van der Waals surface area contributed by atoms with Crippen LogP contribution in [0.15, 0.2) is 90.0 Å². The fraction of sp³-hybridized carbons (Fsp3) is 0.241. The van der Waals surface area contributed by atoms with Crippen LogP contribution in [0.2, 0.25) is 0 Å². The molecule has 1 aliphatic rings. The van der Waals surface area contributed by atoms with E-state index in [4.69, 9.17) is 4.74 Å². The van der Waals surface area contributed by atoms with Crippen LogP contribution in [-0.4, -0.2) is 62.4 Å². The van der Waals surface area contributed by atoms with Gasteiger partial charge in [-0.05, 0) is 42.8 Å². The normalized spacial score (nSPS) is 15.3. The van der Waals surface area contributed by atoms with Gasteiger partial charge in [-0.3, -0.25) is 19.4 Å². The SMILES string of the molecule is COc1cc(C(=O)N2CCN(C(C)c3ccccc3)CC2)ccc1NS(=O)(=O)c1cccc2cccnc12. The summed E-state index contributed by atoms with van der Waals surface area (Å²) in [7, 11) is -2.51. The molecule has 9 heteroatoms. The summed E-state index contributed by atoms with van der Waals surface area (Å²) < 4.78 is 34.6. The van der Waals surface area contributed by atoms with Crippen molar-refractivity contribution in [2.24, 2.45) is 0 Å². The molecule has 1 atom stereocenters. The highest BCUT2D eigenvalue weighted by Gasteiger charge is 2.26. The van der Waals surface area contributed by atoms with E-state index in [9.17, 15) is 13.2 Å². The molecular weight excluding hydrogens is 500 g/mol. The highest BCUT2D eigenvalue weighted by molar-refractivity contribution is 7.93. The van der Waals surface area contributed by atoms with Gasteiger partial charge in [0.15, 0.2) is 0 Å². The molecule has 38 heavy (non-hydrogen) atoms. The quantitative estimate of drug-likeness (QED) is 0.377. The van der Waals surface area contributed by atoms with Crippen LogP contribution in [-0.2, 0) is 10.0 Å². The molecule has 2 heterocycles. The first-order chi connectivity index (χ1) is 18.4. The van der Waals surface area contributed by atoms with Crippen LogP contribution < -0.4 is 9.46 Å². The zero-order valence-corrected chi connectivity index (χ0v) is 22.2. The fourth-order valence-corrected chi connectivity index (χ4v) is 6.09. The van der Waals surface area contributed by atoms with Crippen LogP contribution in [0.25, 0.3) is 10.9 Å². The second-order valence-corrected chi connectivity index (χ2v) is 10.9. The van der Waals surface area contributed by atoms with Gasteiger partial charge < -0.3 is 9.64 Å². The van der Waals surface area contributed by atoms with Crippen molar-refractivity contribution in [3.8, 4) is 5.75 Å². The van der Waals surface area contributed by atoms with E-state index >= 15 is 0 Å². The molecule has 0 bridgehead atoms. The zero-order chi connectivity index (χ0) is 26.7. The smallest absolute Gasteiger partial charge is 0.264 e. The Labute approximate surface area is 222 Å². The number of nitrogens with one attached hydrogen (secondary N) is 1. The number of para-hydroxylation sites is 1. The molecule has 1 fully saturated rings. The van der Waals surface area contributed by atoms with Gasteiger partial charge >= 0.3 is 0 Å². The molecule has 1 unspecified atom stereocenters. The highest BCUT2D eigenvalue weighted by Crippen LogP contribution is 2.30. The Kier molecular flexibility index (Phi) is 7.31. The third-order valence-corrected chi connectivity index (χ3v) is 8.41. The van der Waals surface area contributed by atoms with Crippen LogP contribution >= 0.6 is 0 Å². The topological polar surface area (TPSA) is 91.8 Å². The van der Waals surface area contributed by atoms with E-state index in [1.807, 2.05) is 35.2 Å². The summed E-state index contributed by atoms with van der Waals surface area (Å²) in [5, 5.41) is 0.724. The average molecular weight is 531 g/mol. The van der Waals surface area contributed by atoms with E-state index in [1.54, 1.807) is 36.5 Å². The first-order valence-corrected chi connectivity index (χ1v) is 14.0. The van der Waals surface area contributed by atoms with E-state index in [2.05, 4.69) is 33.7 Å². The standard InChI is InChI=1S/C29H30N4O4S/c1-21(22-8-4-3-5-9-22)32-16-18-33(19-17-32)29(34)24-13-14-25(26(20-24)37-2)31-38(35,36)27-12-6-10-23-11-7-15-30-28(23)27/h3-15,20-21,31H,16-19H2,1-2H3. The molecule has 1 aromatic heterocycles. The zero-order valence-electron chi connectivity index (χ0n) is 21.4. The van der Waals surface area contributed by atoms with Crippen molar-refractivity contribution in [2.45, 2.75) is 17.9 Å². The molecule has 0 aliphatic carbocycles. The number of amides is 1. The lowest BCUT2D eigenvalue weighted by Gasteiger charge is -2.38. The summed E-state index contributed by atoms with van der Waals surface area (Å²) in [6.07, 6.45) is 1.56. The van der Waals surface area contributed by atoms with Gasteiger partial charge in [0.05, 0.1) is 18.3 Å². The minimum absolute atomic E-state index is 0.0698. The number of rotatable bonds is 7. The van der Waals surface area contributed by atoms with Gasteiger partial charge in [0.1, 0.15) is 10.6 Å². The van der Waals surface area contributed by atoms with Gasteiger partial charge in [-0.15, -0.1) is 0 Å². The molecule has 1 amide bonds. The maximum atomic E-state index is 13.3. The third-order valence-electron chi connectivity index (χ3n) is 7.01. The Bertz CT molecular complexity index is 1550. The van der Waals surface area contributed by atoms with Crippen molar-refractivity contribution < 1.29 is 17.9 Å². The lowest BCUT2D eigenvalue weighted by Crippen LogP contribution is -2.49. The predicted molar refractivity (Wildman–Crippen MR) is 148 cm³/mol. The van der Waals surface area contributed by atoms with Crippen LogP contribution in [0.5, 0.6) is 5.75 Å². The van der Waals surface area contributed by atoms with E-state index < -0.39 is 10.0 Å². The second kappa shape index (κ2) is 10.8. The first kappa shape index (κ1) is 25.7. The van der Waals surface area contributed by atoms with Gasteiger partial charge in [0, 0.05) is 49.4 Å². The Morgan fingerprint density at radius 2 is 1.68 bits per heavy atom. The summed E-state index contributed by atoms with van der Waals surface area (Å²) in [6, 6.07) is 24.0. The van der Waals surface area contributed by atoms with Crippen LogP contribution in [0.1, 0.15) is 28.9 Å².